The number of aromatic nitrogens is 2. The lowest BCUT2D eigenvalue weighted by molar-refractivity contribution is 0.250. The molecule has 0 aliphatic rings. The molecule has 0 bridgehead atoms. The number of hydrogen-bond donors (Lipinski definition) is 0. The van der Waals surface area contributed by atoms with Crippen LogP contribution in [0.3, 0.4) is 0 Å². The second-order valence-corrected chi connectivity index (χ2v) is 9.26. The molecule has 2 heterocycles. The highest BCUT2D eigenvalue weighted by molar-refractivity contribution is 7.09. The van der Waals surface area contributed by atoms with Gasteiger partial charge < -0.3 is 0 Å². The Morgan fingerprint density at radius 2 is 1.60 bits per heavy atom. The van der Waals surface area contributed by atoms with Crippen molar-refractivity contribution in [2.24, 2.45) is 0 Å². The number of rotatable bonds is 7. The van der Waals surface area contributed by atoms with Crippen LogP contribution in [0.4, 0.5) is 0 Å². The Kier molecular flexibility index (Phi) is 6.59. The monoisotopic (exact) mass is 471 g/mol. The van der Waals surface area contributed by atoms with Crippen LogP contribution in [0.25, 0.3) is 22.0 Å². The minimum absolute atomic E-state index is 0.632. The SMILES string of the molecule is N#Cc1ccc(CN(Cc2ccc(C#N)c(-c3cccc4cccnc34)c2)Cc2cncs2)cc1. The molecule has 168 valence electrons. The van der Waals surface area contributed by atoms with Crippen molar-refractivity contribution in [3.63, 3.8) is 0 Å². The Morgan fingerprint density at radius 3 is 2.37 bits per heavy atom. The van der Waals surface area contributed by atoms with Gasteiger partial charge >= 0.3 is 0 Å². The van der Waals surface area contributed by atoms with Gasteiger partial charge in [-0.05, 0) is 41.5 Å². The lowest BCUT2D eigenvalue weighted by atomic mass is 9.95. The normalized spacial score (nSPS) is 10.8. The van der Waals surface area contributed by atoms with E-state index >= 15 is 0 Å². The first-order chi connectivity index (χ1) is 17.2. The molecule has 5 rings (SSSR count). The molecule has 0 N–H and O–H groups in total. The van der Waals surface area contributed by atoms with Gasteiger partial charge in [-0.1, -0.05) is 42.5 Å². The third kappa shape index (κ3) is 5.10. The van der Waals surface area contributed by atoms with Crippen LogP contribution in [-0.2, 0) is 19.6 Å². The molecule has 0 spiro atoms. The molecule has 0 saturated heterocycles. The van der Waals surface area contributed by atoms with Gasteiger partial charge in [0.15, 0.2) is 0 Å². The van der Waals surface area contributed by atoms with Crippen molar-refractivity contribution in [3.8, 4) is 23.3 Å². The lowest BCUT2D eigenvalue weighted by Crippen LogP contribution is -2.22. The second kappa shape index (κ2) is 10.3. The maximum Gasteiger partial charge on any atom is 0.0998 e. The minimum atomic E-state index is 0.632. The quantitative estimate of drug-likeness (QED) is 0.278. The first kappa shape index (κ1) is 22.4. The summed E-state index contributed by atoms with van der Waals surface area (Å²) in [5, 5.41) is 20.0. The van der Waals surface area contributed by atoms with Crippen molar-refractivity contribution in [1.82, 2.24) is 14.9 Å². The number of nitriles is 2. The van der Waals surface area contributed by atoms with Gasteiger partial charge in [-0.25, -0.2) is 0 Å². The zero-order chi connectivity index (χ0) is 24.0. The van der Waals surface area contributed by atoms with Crippen molar-refractivity contribution in [1.29, 1.82) is 10.5 Å². The Labute approximate surface area is 208 Å². The fourth-order valence-corrected chi connectivity index (χ4v) is 4.88. The fraction of sp³-hybridized carbons (Fsp3) is 0.103. The van der Waals surface area contributed by atoms with Gasteiger partial charge in [0, 0.05) is 53.4 Å². The molecule has 5 aromatic rings. The predicted molar refractivity (Wildman–Crippen MR) is 138 cm³/mol. The molecule has 0 atom stereocenters. The zero-order valence-electron chi connectivity index (χ0n) is 18.9. The first-order valence-electron chi connectivity index (χ1n) is 11.2. The summed E-state index contributed by atoms with van der Waals surface area (Å²) in [5.41, 5.74) is 8.14. The molecule has 35 heavy (non-hydrogen) atoms. The van der Waals surface area contributed by atoms with Crippen molar-refractivity contribution in [2.75, 3.05) is 0 Å². The van der Waals surface area contributed by atoms with Crippen LogP contribution >= 0.6 is 11.3 Å². The average molecular weight is 472 g/mol. The summed E-state index contributed by atoms with van der Waals surface area (Å²) < 4.78 is 0. The smallest absolute Gasteiger partial charge is 0.0998 e. The van der Waals surface area contributed by atoms with Crippen LogP contribution in [0.2, 0.25) is 0 Å². The summed E-state index contributed by atoms with van der Waals surface area (Å²) >= 11 is 1.64. The maximum absolute atomic E-state index is 9.82. The van der Waals surface area contributed by atoms with Gasteiger partial charge in [-0.15, -0.1) is 11.3 Å². The summed E-state index contributed by atoms with van der Waals surface area (Å²) in [6.07, 6.45) is 3.69. The molecule has 0 fully saturated rings. The highest BCUT2D eigenvalue weighted by Crippen LogP contribution is 2.31. The van der Waals surface area contributed by atoms with Gasteiger partial charge in [-0.3, -0.25) is 14.9 Å². The van der Waals surface area contributed by atoms with Crippen LogP contribution in [0.15, 0.2) is 90.7 Å². The number of fused-ring (bicyclic) bond motifs is 1. The molecule has 0 radical (unpaired) electrons. The molecule has 3 aromatic carbocycles. The Bertz CT molecular complexity index is 1540. The van der Waals surface area contributed by atoms with Crippen molar-refractivity contribution in [2.45, 2.75) is 19.6 Å². The van der Waals surface area contributed by atoms with Gasteiger partial charge in [0.2, 0.25) is 0 Å². The Hall–Kier alpha value is -4.36. The molecule has 0 unspecified atom stereocenters. The van der Waals surface area contributed by atoms with E-state index in [2.05, 4.69) is 33.1 Å². The predicted octanol–water partition coefficient (Wildman–Crippen LogP) is 6.30. The number of para-hydroxylation sites is 1. The van der Waals surface area contributed by atoms with Crippen molar-refractivity contribution < 1.29 is 0 Å². The van der Waals surface area contributed by atoms with E-state index in [1.54, 1.807) is 17.5 Å². The van der Waals surface area contributed by atoms with E-state index in [0.717, 1.165) is 46.2 Å². The van der Waals surface area contributed by atoms with E-state index in [4.69, 9.17) is 5.26 Å². The highest BCUT2D eigenvalue weighted by atomic mass is 32.1. The first-order valence-corrected chi connectivity index (χ1v) is 12.1. The molecule has 6 heteroatoms. The minimum Gasteiger partial charge on any atom is -0.290 e. The van der Waals surface area contributed by atoms with E-state index in [-0.39, 0.29) is 0 Å². The Balaban J connectivity index is 1.49. The number of thiazole rings is 1. The standard InChI is InChI=1S/C29H21N5S/c30-14-21-6-8-22(9-7-21)17-34(19-26-16-32-20-35-26)18-23-10-11-25(15-31)28(13-23)27-5-1-3-24-4-2-12-33-29(24)27/h1-13,16,20H,17-19H2. The van der Waals surface area contributed by atoms with Gasteiger partial charge in [0.1, 0.15) is 0 Å². The number of pyridine rings is 1. The van der Waals surface area contributed by atoms with Crippen LogP contribution in [0, 0.1) is 22.7 Å². The van der Waals surface area contributed by atoms with Gasteiger partial charge in [0.25, 0.3) is 0 Å². The zero-order valence-corrected chi connectivity index (χ0v) is 19.7. The van der Waals surface area contributed by atoms with E-state index < -0.39 is 0 Å². The molecule has 0 saturated carbocycles. The van der Waals surface area contributed by atoms with Crippen molar-refractivity contribution >= 4 is 22.2 Å². The Morgan fingerprint density at radius 1 is 0.800 bits per heavy atom. The maximum atomic E-state index is 9.82. The van der Waals surface area contributed by atoms with Crippen LogP contribution < -0.4 is 0 Å². The molecule has 5 nitrogen and oxygen atoms in total. The third-order valence-electron chi connectivity index (χ3n) is 5.89. The van der Waals surface area contributed by atoms with Gasteiger partial charge in [-0.2, -0.15) is 10.5 Å². The highest BCUT2D eigenvalue weighted by Gasteiger charge is 2.14. The third-order valence-corrected chi connectivity index (χ3v) is 6.65. The van der Waals surface area contributed by atoms with Crippen molar-refractivity contribution in [3.05, 3.63) is 118 Å². The summed E-state index contributed by atoms with van der Waals surface area (Å²) in [4.78, 5) is 12.4. The average Bonchev–Trinajstić information content (AvgIpc) is 3.42. The van der Waals surface area contributed by atoms with Crippen LogP contribution in [0.1, 0.15) is 27.1 Å². The summed E-state index contributed by atoms with van der Waals surface area (Å²) in [5.74, 6) is 0. The fourth-order valence-electron chi connectivity index (χ4n) is 4.24. The summed E-state index contributed by atoms with van der Waals surface area (Å²) in [6.45, 7) is 2.19. The van der Waals surface area contributed by atoms with E-state index in [9.17, 15) is 5.26 Å². The van der Waals surface area contributed by atoms with Crippen LogP contribution in [-0.4, -0.2) is 14.9 Å². The molecule has 0 aliphatic heterocycles. The van der Waals surface area contributed by atoms with Gasteiger partial charge in [0.05, 0.1) is 34.3 Å². The largest absolute Gasteiger partial charge is 0.290 e. The van der Waals surface area contributed by atoms with E-state index in [1.165, 1.54) is 4.88 Å². The number of hydrogen-bond acceptors (Lipinski definition) is 6. The lowest BCUT2D eigenvalue weighted by Gasteiger charge is -2.22. The molecular weight excluding hydrogens is 450 g/mol. The topological polar surface area (TPSA) is 76.6 Å². The van der Waals surface area contributed by atoms with E-state index in [1.807, 2.05) is 78.4 Å². The van der Waals surface area contributed by atoms with Crippen LogP contribution in [0.5, 0.6) is 0 Å². The molecular formula is C29H21N5S. The molecule has 0 amide bonds. The van der Waals surface area contributed by atoms with E-state index in [0.29, 0.717) is 17.7 Å². The number of nitrogens with zero attached hydrogens (tertiary/aromatic N) is 5. The summed E-state index contributed by atoms with van der Waals surface area (Å²) in [7, 11) is 0. The summed E-state index contributed by atoms with van der Waals surface area (Å²) in [6, 6.07) is 28.3. The number of benzene rings is 3. The molecule has 2 aromatic heterocycles. The molecule has 0 aliphatic carbocycles. The second-order valence-electron chi connectivity index (χ2n) is 8.29.